The third-order valence-corrected chi connectivity index (χ3v) is 2.84. The fraction of sp³-hybridized carbons (Fsp3) is 0.889. The van der Waals surface area contributed by atoms with E-state index in [2.05, 4.69) is 5.32 Å². The van der Waals surface area contributed by atoms with Crippen molar-refractivity contribution in [3.05, 3.63) is 0 Å². The van der Waals surface area contributed by atoms with Crippen LogP contribution in [0.3, 0.4) is 0 Å². The number of hydrogen-bond donors (Lipinski definition) is 2. The van der Waals surface area contributed by atoms with Crippen LogP contribution in [-0.4, -0.2) is 28.8 Å². The number of carboxylic acids is 1. The number of halogens is 3. The molecule has 1 aliphatic rings. The Kier molecular flexibility index (Phi) is 3.28. The molecule has 0 spiro atoms. The highest BCUT2D eigenvalue weighted by Gasteiger charge is 2.58. The number of carbonyl (C=O) groups is 1. The van der Waals surface area contributed by atoms with Crippen LogP contribution in [0, 0.1) is 0 Å². The van der Waals surface area contributed by atoms with Crippen LogP contribution < -0.4 is 5.32 Å². The summed E-state index contributed by atoms with van der Waals surface area (Å²) in [5.74, 6) is -1.87. The van der Waals surface area contributed by atoms with E-state index in [9.17, 15) is 18.0 Å². The molecular formula is C9H14F3NO2. The van der Waals surface area contributed by atoms with Crippen molar-refractivity contribution in [2.24, 2.45) is 0 Å². The first-order valence-electron chi connectivity index (χ1n) is 4.85. The summed E-state index contributed by atoms with van der Waals surface area (Å²) < 4.78 is 37.7. The van der Waals surface area contributed by atoms with Gasteiger partial charge < -0.3 is 5.11 Å². The summed E-state index contributed by atoms with van der Waals surface area (Å²) in [6.45, 7) is 0.674. The highest BCUT2D eigenvalue weighted by molar-refractivity contribution is 5.79. The van der Waals surface area contributed by atoms with Crippen molar-refractivity contribution in [3.8, 4) is 0 Å². The fourth-order valence-electron chi connectivity index (χ4n) is 1.74. The van der Waals surface area contributed by atoms with Gasteiger partial charge in [0.2, 0.25) is 5.54 Å². The summed E-state index contributed by atoms with van der Waals surface area (Å²) in [5, 5.41) is 10.9. The number of nitrogens with one attached hydrogen (secondary N) is 1. The van der Waals surface area contributed by atoms with Gasteiger partial charge in [-0.2, -0.15) is 13.2 Å². The molecule has 1 unspecified atom stereocenters. The molecule has 1 rings (SSSR count). The van der Waals surface area contributed by atoms with Gasteiger partial charge in [-0.05, 0) is 19.8 Å². The Morgan fingerprint density at radius 1 is 1.33 bits per heavy atom. The molecular weight excluding hydrogens is 211 g/mol. The molecule has 0 radical (unpaired) electrons. The van der Waals surface area contributed by atoms with Crippen LogP contribution in [0.2, 0.25) is 0 Å². The molecule has 1 fully saturated rings. The van der Waals surface area contributed by atoms with Gasteiger partial charge in [-0.25, -0.2) is 4.79 Å². The smallest absolute Gasteiger partial charge is 0.417 e. The fourth-order valence-corrected chi connectivity index (χ4v) is 1.74. The molecule has 6 heteroatoms. The lowest BCUT2D eigenvalue weighted by Gasteiger charge is -2.31. The average Bonchev–Trinajstić information content (AvgIpc) is 2.54. The van der Waals surface area contributed by atoms with Crippen LogP contribution in [0.1, 0.15) is 32.6 Å². The van der Waals surface area contributed by atoms with Crippen LogP contribution in [0.25, 0.3) is 0 Å². The lowest BCUT2D eigenvalue weighted by Crippen LogP contribution is -2.62. The van der Waals surface area contributed by atoms with Crippen LogP contribution in [0.4, 0.5) is 13.2 Å². The van der Waals surface area contributed by atoms with E-state index in [1.54, 1.807) is 0 Å². The van der Waals surface area contributed by atoms with Gasteiger partial charge in [-0.1, -0.05) is 12.8 Å². The van der Waals surface area contributed by atoms with Gasteiger partial charge in [0.15, 0.2) is 0 Å². The molecule has 0 saturated heterocycles. The maximum atomic E-state index is 12.6. The molecule has 0 aliphatic heterocycles. The van der Waals surface area contributed by atoms with E-state index in [4.69, 9.17) is 5.11 Å². The normalized spacial score (nSPS) is 22.7. The summed E-state index contributed by atoms with van der Waals surface area (Å²) in [4.78, 5) is 10.7. The van der Waals surface area contributed by atoms with Gasteiger partial charge in [-0.3, -0.25) is 5.32 Å². The Morgan fingerprint density at radius 3 is 2.13 bits per heavy atom. The highest BCUT2D eigenvalue weighted by Crippen LogP contribution is 2.32. The summed E-state index contributed by atoms with van der Waals surface area (Å²) in [6, 6.07) is -0.340. The van der Waals surface area contributed by atoms with Crippen molar-refractivity contribution < 1.29 is 23.1 Å². The zero-order valence-corrected chi connectivity index (χ0v) is 8.40. The molecule has 15 heavy (non-hydrogen) atoms. The molecule has 3 nitrogen and oxygen atoms in total. The summed E-state index contributed by atoms with van der Waals surface area (Å²) in [7, 11) is 0. The minimum atomic E-state index is -4.78. The number of aliphatic carboxylic acids is 1. The monoisotopic (exact) mass is 225 g/mol. The largest absolute Gasteiger partial charge is 0.480 e. The van der Waals surface area contributed by atoms with Gasteiger partial charge in [0, 0.05) is 6.04 Å². The highest BCUT2D eigenvalue weighted by atomic mass is 19.4. The molecule has 0 aromatic rings. The molecule has 0 bridgehead atoms. The molecule has 0 heterocycles. The SMILES string of the molecule is CC(NC1CCCC1)(C(=O)O)C(F)(F)F. The van der Waals surface area contributed by atoms with Crippen LogP contribution in [0.5, 0.6) is 0 Å². The number of carboxylic acid groups (broad SMARTS) is 1. The van der Waals surface area contributed by atoms with E-state index in [1.165, 1.54) is 0 Å². The zero-order chi connectivity index (χ0) is 11.7. The Balaban J connectivity index is 2.77. The maximum absolute atomic E-state index is 12.6. The summed E-state index contributed by atoms with van der Waals surface area (Å²) >= 11 is 0. The average molecular weight is 225 g/mol. The zero-order valence-electron chi connectivity index (χ0n) is 8.40. The van der Waals surface area contributed by atoms with Crippen LogP contribution in [0.15, 0.2) is 0 Å². The maximum Gasteiger partial charge on any atom is 0.417 e. The third kappa shape index (κ3) is 2.42. The predicted molar refractivity (Wildman–Crippen MR) is 47.5 cm³/mol. The second kappa shape index (κ2) is 4.00. The molecule has 1 atom stereocenters. The predicted octanol–water partition coefficient (Wildman–Crippen LogP) is 1.92. The van der Waals surface area contributed by atoms with Crippen molar-refractivity contribution in [2.75, 3.05) is 0 Å². The van der Waals surface area contributed by atoms with E-state index in [-0.39, 0.29) is 6.04 Å². The van der Waals surface area contributed by atoms with E-state index in [0.29, 0.717) is 19.8 Å². The van der Waals surface area contributed by atoms with Crippen molar-refractivity contribution in [1.29, 1.82) is 0 Å². The van der Waals surface area contributed by atoms with Gasteiger partial charge in [0.1, 0.15) is 0 Å². The van der Waals surface area contributed by atoms with Crippen LogP contribution >= 0.6 is 0 Å². The van der Waals surface area contributed by atoms with E-state index in [0.717, 1.165) is 12.8 Å². The summed E-state index contributed by atoms with van der Waals surface area (Å²) in [6.07, 6.45) is -1.85. The molecule has 2 N–H and O–H groups in total. The van der Waals surface area contributed by atoms with Crippen molar-refractivity contribution >= 4 is 5.97 Å². The van der Waals surface area contributed by atoms with Crippen molar-refractivity contribution in [2.45, 2.75) is 50.4 Å². The summed E-state index contributed by atoms with van der Waals surface area (Å²) in [5.41, 5.74) is -2.83. The molecule has 1 aliphatic carbocycles. The van der Waals surface area contributed by atoms with Gasteiger partial charge in [0.25, 0.3) is 0 Å². The van der Waals surface area contributed by atoms with Gasteiger partial charge in [-0.15, -0.1) is 0 Å². The molecule has 0 amide bonds. The minimum Gasteiger partial charge on any atom is -0.480 e. The third-order valence-electron chi connectivity index (χ3n) is 2.84. The van der Waals surface area contributed by atoms with Crippen molar-refractivity contribution in [1.82, 2.24) is 5.32 Å². The molecule has 88 valence electrons. The molecule has 0 aromatic heterocycles. The molecule has 0 aromatic carbocycles. The van der Waals surface area contributed by atoms with E-state index >= 15 is 0 Å². The number of alkyl halides is 3. The standard InChI is InChI=1S/C9H14F3NO2/c1-8(7(14)15,9(10,11)12)13-6-4-2-3-5-6/h6,13H,2-5H2,1H3,(H,14,15). The lowest BCUT2D eigenvalue weighted by atomic mass is 10.00. The van der Waals surface area contributed by atoms with Crippen LogP contribution in [-0.2, 0) is 4.79 Å². The van der Waals surface area contributed by atoms with E-state index < -0.39 is 17.7 Å². The number of hydrogen-bond acceptors (Lipinski definition) is 2. The quantitative estimate of drug-likeness (QED) is 0.771. The Labute approximate surface area is 85.7 Å². The first-order valence-corrected chi connectivity index (χ1v) is 4.85. The Morgan fingerprint density at radius 2 is 1.80 bits per heavy atom. The Hall–Kier alpha value is -0.780. The van der Waals surface area contributed by atoms with Gasteiger partial charge >= 0.3 is 12.1 Å². The minimum absolute atomic E-state index is 0.340. The first kappa shape index (κ1) is 12.3. The Bertz CT molecular complexity index is 248. The van der Waals surface area contributed by atoms with E-state index in [1.807, 2.05) is 0 Å². The second-order valence-corrected chi connectivity index (χ2v) is 4.05. The lowest BCUT2D eigenvalue weighted by molar-refractivity contribution is -0.207. The van der Waals surface area contributed by atoms with Crippen molar-refractivity contribution in [3.63, 3.8) is 0 Å². The second-order valence-electron chi connectivity index (χ2n) is 4.05. The number of rotatable bonds is 3. The topological polar surface area (TPSA) is 49.3 Å². The molecule has 1 saturated carbocycles. The van der Waals surface area contributed by atoms with Gasteiger partial charge in [0.05, 0.1) is 0 Å². The first-order chi connectivity index (χ1) is 6.77.